The SMILES string of the molecule is CC(C)(C)C1CCC(CC(=O)N2C[C@H]3C[C@@H](C2)c2cccc(=O)n2C3)(n2cccc2)CC1. The number of rotatable bonds is 3. The molecule has 4 heterocycles. The van der Waals surface area contributed by atoms with Crippen LogP contribution < -0.4 is 5.56 Å². The molecule has 0 aromatic carbocycles. The number of likely N-dealkylation sites (tertiary alicyclic amines) is 1. The van der Waals surface area contributed by atoms with Gasteiger partial charge in [-0.05, 0) is 67.6 Å². The first-order valence-electron chi connectivity index (χ1n) is 12.4. The van der Waals surface area contributed by atoms with E-state index < -0.39 is 0 Å². The predicted octanol–water partition coefficient (Wildman–Crippen LogP) is 4.62. The van der Waals surface area contributed by atoms with Crippen molar-refractivity contribution < 1.29 is 4.79 Å². The summed E-state index contributed by atoms with van der Waals surface area (Å²) < 4.78 is 4.26. The van der Waals surface area contributed by atoms with Crippen molar-refractivity contribution in [1.82, 2.24) is 14.0 Å². The second-order valence-corrected chi connectivity index (χ2v) is 11.6. The zero-order valence-electron chi connectivity index (χ0n) is 19.8. The van der Waals surface area contributed by atoms with Crippen molar-refractivity contribution in [2.24, 2.45) is 17.3 Å². The van der Waals surface area contributed by atoms with E-state index in [1.54, 1.807) is 6.07 Å². The van der Waals surface area contributed by atoms with Crippen LogP contribution >= 0.6 is 0 Å². The highest BCUT2D eigenvalue weighted by atomic mass is 16.2. The first kappa shape index (κ1) is 21.5. The molecule has 1 amide bonds. The highest BCUT2D eigenvalue weighted by molar-refractivity contribution is 5.77. The molecule has 0 radical (unpaired) electrons. The Labute approximate surface area is 191 Å². The predicted molar refractivity (Wildman–Crippen MR) is 127 cm³/mol. The molecule has 0 spiro atoms. The second kappa shape index (κ2) is 7.93. The molecule has 2 bridgehead atoms. The topological polar surface area (TPSA) is 47.2 Å². The number of amides is 1. The average molecular weight is 436 g/mol. The minimum absolute atomic E-state index is 0.0964. The smallest absolute Gasteiger partial charge is 0.250 e. The minimum Gasteiger partial charge on any atom is -0.348 e. The summed E-state index contributed by atoms with van der Waals surface area (Å²) in [5.74, 6) is 1.66. The Bertz CT molecular complexity index is 1020. The van der Waals surface area contributed by atoms with E-state index in [0.29, 0.717) is 23.7 Å². The molecule has 1 aliphatic carbocycles. The van der Waals surface area contributed by atoms with E-state index >= 15 is 0 Å². The van der Waals surface area contributed by atoms with Gasteiger partial charge >= 0.3 is 0 Å². The average Bonchev–Trinajstić information content (AvgIpc) is 3.30. The summed E-state index contributed by atoms with van der Waals surface area (Å²) >= 11 is 0. The molecule has 0 N–H and O–H groups in total. The Morgan fingerprint density at radius 3 is 2.44 bits per heavy atom. The number of hydrogen-bond acceptors (Lipinski definition) is 2. The van der Waals surface area contributed by atoms with Crippen LogP contribution in [0.4, 0.5) is 0 Å². The van der Waals surface area contributed by atoms with E-state index in [4.69, 9.17) is 0 Å². The molecule has 1 saturated carbocycles. The number of nitrogens with zero attached hydrogens (tertiary/aromatic N) is 3. The first-order chi connectivity index (χ1) is 15.2. The standard InChI is InChI=1S/C27H37N3O2/c1-26(2,3)22-9-11-27(12-10-22,29-13-4-5-14-29)16-25(32)28-17-20-15-21(19-28)23-7-6-8-24(31)30(23)18-20/h4-8,13-14,20-22H,9-12,15-19H2,1-3H3/t20-,21+,22?,27?/m1/s1. The zero-order valence-corrected chi connectivity index (χ0v) is 19.8. The molecular weight excluding hydrogens is 398 g/mol. The summed E-state index contributed by atoms with van der Waals surface area (Å²) in [7, 11) is 0. The zero-order chi connectivity index (χ0) is 22.5. The van der Waals surface area contributed by atoms with E-state index in [1.807, 2.05) is 10.6 Å². The van der Waals surface area contributed by atoms with Gasteiger partial charge in [-0.25, -0.2) is 0 Å². The molecule has 3 aliphatic rings. The molecule has 5 rings (SSSR count). The molecule has 1 saturated heterocycles. The Hall–Kier alpha value is -2.30. The number of pyridine rings is 1. The van der Waals surface area contributed by atoms with Crippen molar-refractivity contribution in [2.45, 2.75) is 77.3 Å². The highest BCUT2D eigenvalue weighted by Gasteiger charge is 2.43. The van der Waals surface area contributed by atoms with Crippen molar-refractivity contribution >= 4 is 5.91 Å². The minimum atomic E-state index is -0.107. The normalized spacial score (nSPS) is 30.1. The van der Waals surface area contributed by atoms with Gasteiger partial charge in [-0.15, -0.1) is 0 Å². The lowest BCUT2D eigenvalue weighted by molar-refractivity contribution is -0.137. The lowest BCUT2D eigenvalue weighted by Crippen LogP contribution is -2.51. The quantitative estimate of drug-likeness (QED) is 0.706. The van der Waals surface area contributed by atoms with Crippen LogP contribution in [0, 0.1) is 17.3 Å². The lowest BCUT2D eigenvalue weighted by atomic mass is 9.66. The third kappa shape index (κ3) is 3.84. The molecule has 2 aromatic heterocycles. The summed E-state index contributed by atoms with van der Waals surface area (Å²) in [6, 6.07) is 9.77. The van der Waals surface area contributed by atoms with Crippen LogP contribution in [0.3, 0.4) is 0 Å². The number of fused-ring (bicyclic) bond motifs is 4. The maximum Gasteiger partial charge on any atom is 0.250 e. The molecule has 2 aliphatic heterocycles. The third-order valence-corrected chi connectivity index (χ3v) is 8.61. The highest BCUT2D eigenvalue weighted by Crippen LogP contribution is 2.46. The van der Waals surface area contributed by atoms with E-state index in [9.17, 15) is 9.59 Å². The van der Waals surface area contributed by atoms with Gasteiger partial charge in [0.15, 0.2) is 0 Å². The van der Waals surface area contributed by atoms with Crippen LogP contribution in [0.15, 0.2) is 47.5 Å². The molecule has 172 valence electrons. The Morgan fingerprint density at radius 1 is 1.03 bits per heavy atom. The number of piperidine rings is 1. The van der Waals surface area contributed by atoms with Crippen LogP contribution in [0.25, 0.3) is 0 Å². The third-order valence-electron chi connectivity index (χ3n) is 8.61. The van der Waals surface area contributed by atoms with Crippen molar-refractivity contribution in [3.05, 3.63) is 58.8 Å². The van der Waals surface area contributed by atoms with Gasteiger partial charge in [-0.1, -0.05) is 26.8 Å². The molecule has 2 fully saturated rings. The molecule has 5 nitrogen and oxygen atoms in total. The second-order valence-electron chi connectivity index (χ2n) is 11.6. The van der Waals surface area contributed by atoms with Gasteiger partial charge in [0, 0.05) is 49.7 Å². The largest absolute Gasteiger partial charge is 0.348 e. The Balaban J connectivity index is 1.35. The number of hydrogen-bond donors (Lipinski definition) is 0. The van der Waals surface area contributed by atoms with Gasteiger partial charge < -0.3 is 14.0 Å². The van der Waals surface area contributed by atoms with Gasteiger partial charge in [-0.3, -0.25) is 9.59 Å². The van der Waals surface area contributed by atoms with Crippen molar-refractivity contribution in [3.8, 4) is 0 Å². The Kier molecular flexibility index (Phi) is 5.34. The maximum atomic E-state index is 13.7. The number of carbonyl (C=O) groups is 1. The Morgan fingerprint density at radius 2 is 1.75 bits per heavy atom. The van der Waals surface area contributed by atoms with Crippen molar-refractivity contribution in [1.29, 1.82) is 0 Å². The van der Waals surface area contributed by atoms with Crippen molar-refractivity contribution in [2.75, 3.05) is 13.1 Å². The molecular formula is C27H37N3O2. The van der Waals surface area contributed by atoms with Gasteiger partial charge in [0.2, 0.25) is 5.91 Å². The number of carbonyl (C=O) groups excluding carboxylic acids is 1. The van der Waals surface area contributed by atoms with E-state index in [1.165, 1.54) is 12.8 Å². The first-order valence-corrected chi connectivity index (χ1v) is 12.4. The summed E-state index contributed by atoms with van der Waals surface area (Å²) in [6.07, 6.45) is 10.5. The molecule has 2 atom stereocenters. The number of aromatic nitrogens is 2. The molecule has 5 heteroatoms. The van der Waals surface area contributed by atoms with Gasteiger partial charge in [0.25, 0.3) is 5.56 Å². The fourth-order valence-corrected chi connectivity index (χ4v) is 6.69. The van der Waals surface area contributed by atoms with Gasteiger partial charge in [0.1, 0.15) is 0 Å². The molecule has 0 unspecified atom stereocenters. The summed E-state index contributed by atoms with van der Waals surface area (Å²) in [6.45, 7) is 9.31. The van der Waals surface area contributed by atoms with Gasteiger partial charge in [0.05, 0.1) is 12.0 Å². The van der Waals surface area contributed by atoms with E-state index in [-0.39, 0.29) is 22.9 Å². The van der Waals surface area contributed by atoms with Crippen LogP contribution in [-0.4, -0.2) is 33.0 Å². The van der Waals surface area contributed by atoms with Crippen LogP contribution in [0.1, 0.15) is 70.9 Å². The maximum absolute atomic E-state index is 13.7. The molecule has 32 heavy (non-hydrogen) atoms. The summed E-state index contributed by atoms with van der Waals surface area (Å²) in [4.78, 5) is 28.1. The molecule has 2 aromatic rings. The van der Waals surface area contributed by atoms with Crippen LogP contribution in [0.5, 0.6) is 0 Å². The van der Waals surface area contributed by atoms with E-state index in [0.717, 1.165) is 44.6 Å². The summed E-state index contributed by atoms with van der Waals surface area (Å²) in [5.41, 5.74) is 1.42. The van der Waals surface area contributed by atoms with Crippen LogP contribution in [-0.2, 0) is 16.9 Å². The monoisotopic (exact) mass is 435 g/mol. The van der Waals surface area contributed by atoms with E-state index in [2.05, 4.69) is 60.8 Å². The fraction of sp³-hybridized carbons (Fsp3) is 0.630. The van der Waals surface area contributed by atoms with Gasteiger partial charge in [-0.2, -0.15) is 0 Å². The van der Waals surface area contributed by atoms with Crippen LogP contribution in [0.2, 0.25) is 0 Å². The van der Waals surface area contributed by atoms with Crippen molar-refractivity contribution in [3.63, 3.8) is 0 Å². The summed E-state index contributed by atoms with van der Waals surface area (Å²) in [5, 5.41) is 0. The fourth-order valence-electron chi connectivity index (χ4n) is 6.69. The lowest BCUT2D eigenvalue weighted by Gasteiger charge is -2.47.